The Morgan fingerprint density at radius 1 is 1.14 bits per heavy atom. The van der Waals surface area contributed by atoms with Gasteiger partial charge in [0.25, 0.3) is 5.91 Å². The maximum atomic E-state index is 12.5. The van der Waals surface area contributed by atoms with E-state index in [-0.39, 0.29) is 24.6 Å². The zero-order valence-electron chi connectivity index (χ0n) is 15.0. The first-order chi connectivity index (χ1) is 13.8. The number of aromatic nitrogens is 1. The molecule has 0 spiro atoms. The molecule has 0 atom stereocenters. The average Bonchev–Trinajstić information content (AvgIpc) is 3.34. The number of hydrogen-bond donors (Lipinski definition) is 2. The van der Waals surface area contributed by atoms with Gasteiger partial charge >= 0.3 is 6.18 Å². The van der Waals surface area contributed by atoms with Crippen LogP contribution >= 0.6 is 11.3 Å². The van der Waals surface area contributed by atoms with E-state index < -0.39 is 17.6 Å². The molecule has 1 aromatic carbocycles. The largest absolute Gasteiger partial charge is 0.459 e. The molecule has 0 saturated heterocycles. The van der Waals surface area contributed by atoms with Crippen molar-refractivity contribution in [2.45, 2.75) is 19.0 Å². The molecule has 0 bridgehead atoms. The average molecular weight is 423 g/mol. The van der Waals surface area contributed by atoms with Gasteiger partial charge in [-0.2, -0.15) is 13.2 Å². The number of benzene rings is 1. The number of nitrogens with zero attached hydrogens (tertiary/aromatic N) is 1. The molecule has 0 aliphatic rings. The standard InChI is InChI=1S/C19H16F3N3O3S/c20-19(21,22)13-5-3-12(4-6-13)7-8-23-16(26)10-14-11-29-18(24-14)25-17(27)15-2-1-9-28-15/h1-6,9,11H,7-8,10H2,(H,23,26)(H,24,25,27). The van der Waals surface area contributed by atoms with Gasteiger partial charge in [-0.1, -0.05) is 12.1 Å². The zero-order chi connectivity index (χ0) is 20.9. The van der Waals surface area contributed by atoms with Gasteiger partial charge < -0.3 is 9.73 Å². The van der Waals surface area contributed by atoms with Crippen molar-refractivity contribution in [1.29, 1.82) is 0 Å². The number of furan rings is 1. The predicted molar refractivity (Wildman–Crippen MR) is 101 cm³/mol. The molecule has 29 heavy (non-hydrogen) atoms. The van der Waals surface area contributed by atoms with Crippen molar-refractivity contribution in [1.82, 2.24) is 10.3 Å². The molecule has 2 aromatic heterocycles. The normalized spacial score (nSPS) is 11.3. The number of anilines is 1. The molecule has 2 amide bonds. The molecule has 2 N–H and O–H groups in total. The third kappa shape index (κ3) is 5.92. The van der Waals surface area contributed by atoms with Gasteiger partial charge in [0.2, 0.25) is 5.91 Å². The number of halogens is 3. The Morgan fingerprint density at radius 2 is 1.90 bits per heavy atom. The van der Waals surface area contributed by atoms with E-state index >= 15 is 0 Å². The summed E-state index contributed by atoms with van der Waals surface area (Å²) in [6.07, 6.45) is -2.54. The lowest BCUT2D eigenvalue weighted by molar-refractivity contribution is -0.137. The number of amides is 2. The monoisotopic (exact) mass is 423 g/mol. The minimum absolute atomic E-state index is 0.0279. The van der Waals surface area contributed by atoms with Crippen molar-refractivity contribution in [2.24, 2.45) is 0 Å². The summed E-state index contributed by atoms with van der Waals surface area (Å²) in [6, 6.07) is 7.94. The smallest absolute Gasteiger partial charge is 0.416 e. The van der Waals surface area contributed by atoms with Crippen LogP contribution in [-0.2, 0) is 23.8 Å². The Labute approximate surface area is 167 Å². The molecule has 0 radical (unpaired) electrons. The minimum atomic E-state index is -4.36. The zero-order valence-corrected chi connectivity index (χ0v) is 15.8. The van der Waals surface area contributed by atoms with Gasteiger partial charge in [-0.3, -0.25) is 14.9 Å². The van der Waals surface area contributed by atoms with E-state index in [1.807, 2.05) is 0 Å². The van der Waals surface area contributed by atoms with Crippen LogP contribution in [0.3, 0.4) is 0 Å². The van der Waals surface area contributed by atoms with Crippen LogP contribution in [0, 0.1) is 0 Å². The van der Waals surface area contributed by atoms with Gasteiger partial charge in [0, 0.05) is 11.9 Å². The van der Waals surface area contributed by atoms with E-state index in [0.717, 1.165) is 12.1 Å². The van der Waals surface area contributed by atoms with Crippen LogP contribution in [0.5, 0.6) is 0 Å². The molecule has 0 unspecified atom stereocenters. The Hall–Kier alpha value is -3.14. The second-order valence-corrected chi connectivity index (χ2v) is 6.90. The van der Waals surface area contributed by atoms with Gasteiger partial charge in [-0.15, -0.1) is 11.3 Å². The lowest BCUT2D eigenvalue weighted by atomic mass is 10.1. The first-order valence-electron chi connectivity index (χ1n) is 8.53. The van der Waals surface area contributed by atoms with Crippen LogP contribution in [0.15, 0.2) is 52.5 Å². The van der Waals surface area contributed by atoms with Crippen molar-refractivity contribution in [2.75, 3.05) is 11.9 Å². The highest BCUT2D eigenvalue weighted by Crippen LogP contribution is 2.29. The van der Waals surface area contributed by atoms with Crippen LogP contribution in [0.4, 0.5) is 18.3 Å². The fourth-order valence-electron chi connectivity index (χ4n) is 2.45. The second-order valence-electron chi connectivity index (χ2n) is 6.05. The summed E-state index contributed by atoms with van der Waals surface area (Å²) in [7, 11) is 0. The van der Waals surface area contributed by atoms with Crippen LogP contribution in [0.1, 0.15) is 27.4 Å². The summed E-state index contributed by atoms with van der Waals surface area (Å²) in [4.78, 5) is 28.1. The summed E-state index contributed by atoms with van der Waals surface area (Å²) in [5.41, 5.74) is 0.482. The molecule has 3 rings (SSSR count). The highest BCUT2D eigenvalue weighted by molar-refractivity contribution is 7.14. The van der Waals surface area contributed by atoms with Crippen molar-refractivity contribution >= 4 is 28.3 Å². The highest BCUT2D eigenvalue weighted by Gasteiger charge is 2.29. The molecule has 6 nitrogen and oxygen atoms in total. The first kappa shape index (κ1) is 20.6. The van der Waals surface area contributed by atoms with Crippen LogP contribution in [0.25, 0.3) is 0 Å². The fraction of sp³-hybridized carbons (Fsp3) is 0.211. The maximum absolute atomic E-state index is 12.5. The van der Waals surface area contributed by atoms with E-state index in [9.17, 15) is 22.8 Å². The summed E-state index contributed by atoms with van der Waals surface area (Å²) >= 11 is 1.18. The van der Waals surface area contributed by atoms with Gasteiger partial charge in [-0.05, 0) is 36.2 Å². The number of thiazole rings is 1. The number of nitrogens with one attached hydrogen (secondary N) is 2. The number of hydrogen-bond acceptors (Lipinski definition) is 5. The number of carbonyl (C=O) groups excluding carboxylic acids is 2. The van der Waals surface area contributed by atoms with Gasteiger partial charge in [0.1, 0.15) is 0 Å². The fourth-order valence-corrected chi connectivity index (χ4v) is 3.15. The Bertz CT molecular complexity index is 967. The number of carbonyl (C=O) groups is 2. The Morgan fingerprint density at radius 3 is 2.55 bits per heavy atom. The van der Waals surface area contributed by atoms with E-state index in [0.29, 0.717) is 22.8 Å². The van der Waals surface area contributed by atoms with E-state index in [1.165, 1.54) is 35.8 Å². The second kappa shape index (κ2) is 8.91. The topological polar surface area (TPSA) is 84.2 Å². The van der Waals surface area contributed by atoms with Crippen LogP contribution < -0.4 is 10.6 Å². The van der Waals surface area contributed by atoms with Crippen LogP contribution in [0.2, 0.25) is 0 Å². The molecular weight excluding hydrogens is 407 g/mol. The number of rotatable bonds is 7. The lowest BCUT2D eigenvalue weighted by Gasteiger charge is -2.08. The van der Waals surface area contributed by atoms with Gasteiger partial charge in [0.15, 0.2) is 10.9 Å². The molecule has 152 valence electrons. The van der Waals surface area contributed by atoms with Crippen molar-refractivity contribution in [3.05, 3.63) is 70.6 Å². The minimum Gasteiger partial charge on any atom is -0.459 e. The Balaban J connectivity index is 1.43. The quantitative estimate of drug-likeness (QED) is 0.604. The molecule has 0 aliphatic heterocycles. The predicted octanol–water partition coefficient (Wildman–Crippen LogP) is 3.91. The molecule has 2 heterocycles. The molecule has 3 aromatic rings. The summed E-state index contributed by atoms with van der Waals surface area (Å²) in [6.45, 7) is 0.288. The first-order valence-corrected chi connectivity index (χ1v) is 9.41. The van der Waals surface area contributed by atoms with E-state index in [4.69, 9.17) is 4.42 Å². The van der Waals surface area contributed by atoms with E-state index in [1.54, 1.807) is 11.4 Å². The highest BCUT2D eigenvalue weighted by atomic mass is 32.1. The molecular formula is C19H16F3N3O3S. The molecule has 0 fully saturated rings. The maximum Gasteiger partial charge on any atom is 0.416 e. The molecule has 0 saturated carbocycles. The van der Waals surface area contributed by atoms with E-state index in [2.05, 4.69) is 15.6 Å². The SMILES string of the molecule is O=C(Cc1csc(NC(=O)c2ccco2)n1)NCCc1ccc(C(F)(F)F)cc1. The molecule has 10 heteroatoms. The number of alkyl halides is 3. The lowest BCUT2D eigenvalue weighted by Crippen LogP contribution is -2.27. The Kier molecular flexibility index (Phi) is 6.32. The van der Waals surface area contributed by atoms with Crippen molar-refractivity contribution in [3.8, 4) is 0 Å². The van der Waals surface area contributed by atoms with Crippen molar-refractivity contribution < 1.29 is 27.2 Å². The third-order valence-corrected chi connectivity index (χ3v) is 4.68. The summed E-state index contributed by atoms with van der Waals surface area (Å²) in [5.74, 6) is -0.550. The van der Waals surface area contributed by atoms with Crippen molar-refractivity contribution in [3.63, 3.8) is 0 Å². The summed E-state index contributed by atoms with van der Waals surface area (Å²) < 4.78 is 42.6. The molecule has 0 aliphatic carbocycles. The summed E-state index contributed by atoms with van der Waals surface area (Å²) in [5, 5.41) is 7.28. The van der Waals surface area contributed by atoms with Gasteiger partial charge in [0.05, 0.1) is 23.9 Å². The van der Waals surface area contributed by atoms with Crippen LogP contribution in [-0.4, -0.2) is 23.3 Å². The third-order valence-electron chi connectivity index (χ3n) is 3.88. The van der Waals surface area contributed by atoms with Gasteiger partial charge in [-0.25, -0.2) is 4.98 Å².